The minimum absolute atomic E-state index is 0.0944. The van der Waals surface area contributed by atoms with Crippen LogP contribution in [0.25, 0.3) is 0 Å². The number of para-hydroxylation sites is 1. The molecule has 1 aliphatic carbocycles. The highest BCUT2D eigenvalue weighted by atomic mass is 16.3. The van der Waals surface area contributed by atoms with Gasteiger partial charge in [-0.05, 0) is 44.6 Å². The molecule has 0 aromatic heterocycles. The predicted molar refractivity (Wildman–Crippen MR) is 80.4 cm³/mol. The fourth-order valence-electron chi connectivity index (χ4n) is 3.04. The summed E-state index contributed by atoms with van der Waals surface area (Å²) in [6, 6.07) is 7.16. The van der Waals surface area contributed by atoms with Gasteiger partial charge in [-0.15, -0.1) is 0 Å². The molecule has 1 aromatic carbocycles. The lowest BCUT2D eigenvalue weighted by Crippen LogP contribution is -2.36. The summed E-state index contributed by atoms with van der Waals surface area (Å²) in [4.78, 5) is 14.4. The fourth-order valence-corrected chi connectivity index (χ4v) is 3.04. The van der Waals surface area contributed by atoms with Crippen molar-refractivity contribution in [2.24, 2.45) is 11.8 Å². The third kappa shape index (κ3) is 3.14. The smallest absolute Gasteiger partial charge is 0.225 e. The van der Waals surface area contributed by atoms with Gasteiger partial charge in [0.25, 0.3) is 0 Å². The molecule has 1 amide bonds. The average molecular weight is 275 g/mol. The van der Waals surface area contributed by atoms with Crippen LogP contribution in [-0.2, 0) is 4.79 Å². The molecule has 1 saturated carbocycles. The molecule has 1 unspecified atom stereocenters. The van der Waals surface area contributed by atoms with E-state index in [0.717, 1.165) is 37.2 Å². The largest absolute Gasteiger partial charge is 0.508 e. The summed E-state index contributed by atoms with van der Waals surface area (Å²) in [6.45, 7) is 4.23. The van der Waals surface area contributed by atoms with Crippen LogP contribution in [0.15, 0.2) is 24.3 Å². The van der Waals surface area contributed by atoms with Crippen LogP contribution in [0.3, 0.4) is 0 Å². The van der Waals surface area contributed by atoms with Crippen molar-refractivity contribution in [3.8, 4) is 5.75 Å². The molecule has 0 radical (unpaired) electrons. The SMILES string of the molecule is CC1CCC(C(=O)N(C)C(C)c2ccccc2O)CC1. The van der Waals surface area contributed by atoms with E-state index in [2.05, 4.69) is 6.92 Å². The number of hydrogen-bond acceptors (Lipinski definition) is 2. The first-order chi connectivity index (χ1) is 9.50. The molecule has 2 rings (SSSR count). The highest BCUT2D eigenvalue weighted by molar-refractivity contribution is 5.79. The van der Waals surface area contributed by atoms with Crippen molar-refractivity contribution < 1.29 is 9.90 Å². The molecule has 0 saturated heterocycles. The summed E-state index contributed by atoms with van der Waals surface area (Å²) < 4.78 is 0. The molecule has 20 heavy (non-hydrogen) atoms. The molecule has 1 atom stereocenters. The molecule has 110 valence electrons. The second kappa shape index (κ2) is 6.29. The van der Waals surface area contributed by atoms with Gasteiger partial charge in [0.15, 0.2) is 0 Å². The molecule has 1 aromatic rings. The lowest BCUT2D eigenvalue weighted by atomic mass is 9.82. The molecule has 0 heterocycles. The van der Waals surface area contributed by atoms with Gasteiger partial charge in [0, 0.05) is 18.5 Å². The van der Waals surface area contributed by atoms with Gasteiger partial charge in [-0.1, -0.05) is 25.1 Å². The first kappa shape index (κ1) is 14.9. The zero-order chi connectivity index (χ0) is 14.7. The van der Waals surface area contributed by atoms with E-state index in [4.69, 9.17) is 0 Å². The van der Waals surface area contributed by atoms with Crippen molar-refractivity contribution in [3.63, 3.8) is 0 Å². The Morgan fingerprint density at radius 3 is 2.45 bits per heavy atom. The molecule has 0 bridgehead atoms. The quantitative estimate of drug-likeness (QED) is 0.913. The van der Waals surface area contributed by atoms with Crippen molar-refractivity contribution in [2.75, 3.05) is 7.05 Å². The Hall–Kier alpha value is -1.51. The van der Waals surface area contributed by atoms with Gasteiger partial charge in [-0.2, -0.15) is 0 Å². The number of hydrogen-bond donors (Lipinski definition) is 1. The van der Waals surface area contributed by atoms with Crippen LogP contribution < -0.4 is 0 Å². The van der Waals surface area contributed by atoms with Gasteiger partial charge < -0.3 is 10.0 Å². The van der Waals surface area contributed by atoms with Crippen LogP contribution in [0.2, 0.25) is 0 Å². The second-order valence-electron chi connectivity index (χ2n) is 6.14. The fraction of sp³-hybridized carbons (Fsp3) is 0.588. The summed E-state index contributed by atoms with van der Waals surface area (Å²) in [5.41, 5.74) is 0.813. The molecule has 0 aliphatic heterocycles. The molecule has 1 aliphatic rings. The van der Waals surface area contributed by atoms with Gasteiger partial charge in [0.1, 0.15) is 5.75 Å². The van der Waals surface area contributed by atoms with Gasteiger partial charge in [-0.3, -0.25) is 4.79 Å². The van der Waals surface area contributed by atoms with E-state index in [1.807, 2.05) is 26.1 Å². The highest BCUT2D eigenvalue weighted by Crippen LogP contribution is 2.33. The minimum atomic E-state index is -0.0944. The standard InChI is InChI=1S/C17H25NO2/c1-12-8-10-14(11-9-12)17(20)18(3)13(2)15-6-4-5-7-16(15)19/h4-7,12-14,19H,8-11H2,1-3H3. The number of aromatic hydroxyl groups is 1. The van der Waals surface area contributed by atoms with Gasteiger partial charge in [0.05, 0.1) is 6.04 Å². The van der Waals surface area contributed by atoms with Gasteiger partial charge >= 0.3 is 0 Å². The van der Waals surface area contributed by atoms with Crippen molar-refractivity contribution >= 4 is 5.91 Å². The first-order valence-corrected chi connectivity index (χ1v) is 7.55. The van der Waals surface area contributed by atoms with E-state index in [1.165, 1.54) is 0 Å². The number of phenols is 1. The molecular formula is C17H25NO2. The highest BCUT2D eigenvalue weighted by Gasteiger charge is 2.29. The molecular weight excluding hydrogens is 250 g/mol. The Morgan fingerprint density at radius 2 is 1.85 bits per heavy atom. The van der Waals surface area contributed by atoms with E-state index in [-0.39, 0.29) is 23.6 Å². The second-order valence-corrected chi connectivity index (χ2v) is 6.14. The monoisotopic (exact) mass is 275 g/mol. The van der Waals surface area contributed by atoms with Gasteiger partial charge in [-0.25, -0.2) is 0 Å². The topological polar surface area (TPSA) is 40.5 Å². The first-order valence-electron chi connectivity index (χ1n) is 7.55. The van der Waals surface area contributed by atoms with Gasteiger partial charge in [0.2, 0.25) is 5.91 Å². The number of benzene rings is 1. The Kier molecular flexibility index (Phi) is 4.69. The maximum Gasteiger partial charge on any atom is 0.225 e. The summed E-state index contributed by atoms with van der Waals surface area (Å²) >= 11 is 0. The Bertz CT molecular complexity index is 464. The van der Waals surface area contributed by atoms with Crippen LogP contribution in [0.4, 0.5) is 0 Å². The number of phenolic OH excluding ortho intramolecular Hbond substituents is 1. The van der Waals surface area contributed by atoms with Crippen LogP contribution in [-0.4, -0.2) is 23.0 Å². The minimum Gasteiger partial charge on any atom is -0.508 e. The van der Waals surface area contributed by atoms with Crippen LogP contribution in [0, 0.1) is 11.8 Å². The van der Waals surface area contributed by atoms with E-state index in [9.17, 15) is 9.90 Å². The number of carbonyl (C=O) groups is 1. The zero-order valence-electron chi connectivity index (χ0n) is 12.7. The van der Waals surface area contributed by atoms with Crippen LogP contribution in [0.5, 0.6) is 5.75 Å². The number of nitrogens with zero attached hydrogens (tertiary/aromatic N) is 1. The van der Waals surface area contributed by atoms with Crippen LogP contribution >= 0.6 is 0 Å². The third-order valence-corrected chi connectivity index (χ3v) is 4.68. The maximum absolute atomic E-state index is 12.6. The summed E-state index contributed by atoms with van der Waals surface area (Å²) in [5, 5.41) is 9.92. The van der Waals surface area contributed by atoms with Crippen molar-refractivity contribution in [1.82, 2.24) is 4.90 Å². The number of rotatable bonds is 3. The Labute approximate surface area is 121 Å². The van der Waals surface area contributed by atoms with E-state index < -0.39 is 0 Å². The summed E-state index contributed by atoms with van der Waals surface area (Å²) in [7, 11) is 1.84. The average Bonchev–Trinajstić information content (AvgIpc) is 2.46. The number of carbonyl (C=O) groups excluding carboxylic acids is 1. The normalized spacial score (nSPS) is 24.1. The molecule has 3 heteroatoms. The summed E-state index contributed by atoms with van der Waals surface area (Å²) in [5.74, 6) is 1.38. The predicted octanol–water partition coefficient (Wildman–Crippen LogP) is 3.74. The van der Waals surface area contributed by atoms with Crippen molar-refractivity contribution in [3.05, 3.63) is 29.8 Å². The molecule has 0 spiro atoms. The molecule has 3 nitrogen and oxygen atoms in total. The summed E-state index contributed by atoms with van der Waals surface area (Å²) in [6.07, 6.45) is 4.29. The van der Waals surface area contributed by atoms with Crippen molar-refractivity contribution in [1.29, 1.82) is 0 Å². The lowest BCUT2D eigenvalue weighted by Gasteiger charge is -2.32. The Morgan fingerprint density at radius 1 is 1.25 bits per heavy atom. The third-order valence-electron chi connectivity index (χ3n) is 4.68. The van der Waals surface area contributed by atoms with Crippen molar-refractivity contribution in [2.45, 2.75) is 45.6 Å². The number of amides is 1. The van der Waals surface area contributed by atoms with Crippen LogP contribution in [0.1, 0.15) is 51.1 Å². The Balaban J connectivity index is 2.05. The molecule has 1 N–H and O–H groups in total. The van der Waals surface area contributed by atoms with E-state index in [1.54, 1.807) is 17.0 Å². The van der Waals surface area contributed by atoms with E-state index in [0.29, 0.717) is 0 Å². The van der Waals surface area contributed by atoms with E-state index >= 15 is 0 Å². The lowest BCUT2D eigenvalue weighted by molar-refractivity contribution is -0.137. The molecule has 1 fully saturated rings. The maximum atomic E-state index is 12.6. The zero-order valence-corrected chi connectivity index (χ0v) is 12.7.